The van der Waals surface area contributed by atoms with Crippen molar-refractivity contribution in [3.63, 3.8) is 0 Å². The summed E-state index contributed by atoms with van der Waals surface area (Å²) in [5, 5.41) is 2.43. The van der Waals surface area contributed by atoms with Crippen LogP contribution in [-0.4, -0.2) is 24.7 Å². The maximum absolute atomic E-state index is 12.8. The Bertz CT molecular complexity index is 671. The Morgan fingerprint density at radius 1 is 1.09 bits per heavy atom. The lowest BCUT2D eigenvalue weighted by atomic mass is 10.2. The summed E-state index contributed by atoms with van der Waals surface area (Å²) in [5.41, 5.74) is 1.16. The van der Waals surface area contributed by atoms with Crippen LogP contribution >= 0.6 is 11.8 Å². The second-order valence-corrected chi connectivity index (χ2v) is 5.58. The van der Waals surface area contributed by atoms with Gasteiger partial charge < -0.3 is 10.1 Å². The molecule has 0 aliphatic heterocycles. The average Bonchev–Trinajstić information content (AvgIpc) is 2.59. The number of hydrogen-bond acceptors (Lipinski definition) is 4. The zero-order valence-corrected chi connectivity index (χ0v) is 13.4. The van der Waals surface area contributed by atoms with E-state index in [4.69, 9.17) is 4.74 Å². The normalized spacial score (nSPS) is 10.2. The number of nitrogens with one attached hydrogen (secondary N) is 1. The summed E-state index contributed by atoms with van der Waals surface area (Å²) in [7, 11) is 0. The Kier molecular flexibility index (Phi) is 6.17. The molecule has 0 fully saturated rings. The number of ether oxygens (including phenoxy) is 1. The van der Waals surface area contributed by atoms with Crippen LogP contribution in [0.2, 0.25) is 0 Å². The van der Waals surface area contributed by atoms with E-state index in [0.717, 1.165) is 10.5 Å². The van der Waals surface area contributed by atoms with E-state index in [-0.39, 0.29) is 18.7 Å². The Morgan fingerprint density at radius 2 is 1.74 bits per heavy atom. The van der Waals surface area contributed by atoms with Crippen molar-refractivity contribution in [2.45, 2.75) is 11.5 Å². The second kappa shape index (κ2) is 8.33. The van der Waals surface area contributed by atoms with Gasteiger partial charge in [0.05, 0.1) is 0 Å². The predicted molar refractivity (Wildman–Crippen MR) is 86.8 cm³/mol. The number of halogens is 1. The van der Waals surface area contributed by atoms with Crippen molar-refractivity contribution in [1.82, 2.24) is 5.32 Å². The average molecular weight is 333 g/mol. The molecule has 0 aromatic heterocycles. The van der Waals surface area contributed by atoms with Crippen LogP contribution in [0.5, 0.6) is 0 Å². The molecule has 1 amide bonds. The van der Waals surface area contributed by atoms with Crippen molar-refractivity contribution in [3.8, 4) is 0 Å². The first-order valence-electron chi connectivity index (χ1n) is 6.91. The minimum absolute atomic E-state index is 0.153. The topological polar surface area (TPSA) is 55.4 Å². The van der Waals surface area contributed by atoms with Gasteiger partial charge in [0.1, 0.15) is 19.0 Å². The molecule has 23 heavy (non-hydrogen) atoms. The van der Waals surface area contributed by atoms with Crippen molar-refractivity contribution in [2.75, 3.05) is 12.8 Å². The monoisotopic (exact) mass is 333 g/mol. The lowest BCUT2D eigenvalue weighted by Gasteiger charge is -2.07. The molecule has 2 rings (SSSR count). The van der Waals surface area contributed by atoms with Crippen LogP contribution in [0.15, 0.2) is 53.4 Å². The maximum Gasteiger partial charge on any atom is 0.325 e. The molecule has 0 bridgehead atoms. The maximum atomic E-state index is 12.8. The van der Waals surface area contributed by atoms with E-state index in [2.05, 4.69) is 5.32 Å². The molecule has 2 aromatic carbocycles. The van der Waals surface area contributed by atoms with Crippen LogP contribution in [0.25, 0.3) is 0 Å². The number of rotatable bonds is 6. The lowest BCUT2D eigenvalue weighted by Crippen LogP contribution is -2.30. The van der Waals surface area contributed by atoms with Gasteiger partial charge in [0.2, 0.25) is 0 Å². The van der Waals surface area contributed by atoms with Crippen molar-refractivity contribution in [3.05, 3.63) is 65.5 Å². The van der Waals surface area contributed by atoms with E-state index in [1.165, 1.54) is 24.3 Å². The van der Waals surface area contributed by atoms with Crippen molar-refractivity contribution in [1.29, 1.82) is 0 Å². The highest BCUT2D eigenvalue weighted by Gasteiger charge is 2.09. The van der Waals surface area contributed by atoms with Gasteiger partial charge in [0, 0.05) is 10.5 Å². The van der Waals surface area contributed by atoms with Crippen LogP contribution in [0.1, 0.15) is 15.9 Å². The van der Waals surface area contributed by atoms with Gasteiger partial charge in [-0.05, 0) is 48.2 Å². The molecular weight excluding hydrogens is 317 g/mol. The number of carbonyl (C=O) groups is 2. The van der Waals surface area contributed by atoms with Gasteiger partial charge in [0.15, 0.2) is 0 Å². The molecule has 0 atom stereocenters. The van der Waals surface area contributed by atoms with Gasteiger partial charge in [-0.2, -0.15) is 0 Å². The van der Waals surface area contributed by atoms with Crippen LogP contribution in [-0.2, 0) is 16.1 Å². The first-order valence-corrected chi connectivity index (χ1v) is 8.13. The Hall–Kier alpha value is -2.34. The molecule has 0 heterocycles. The highest BCUT2D eigenvalue weighted by molar-refractivity contribution is 7.98. The first kappa shape index (κ1) is 17.0. The van der Waals surface area contributed by atoms with Gasteiger partial charge >= 0.3 is 5.97 Å². The van der Waals surface area contributed by atoms with Gasteiger partial charge in [-0.1, -0.05) is 12.1 Å². The third-order valence-corrected chi connectivity index (χ3v) is 3.80. The molecule has 0 saturated heterocycles. The zero-order chi connectivity index (χ0) is 16.7. The van der Waals surface area contributed by atoms with Crippen LogP contribution in [0.3, 0.4) is 0 Å². The molecule has 0 saturated carbocycles. The fourth-order valence-electron chi connectivity index (χ4n) is 1.79. The summed E-state index contributed by atoms with van der Waals surface area (Å²) in [5.74, 6) is -1.41. The van der Waals surface area contributed by atoms with Crippen molar-refractivity contribution in [2.24, 2.45) is 0 Å². The van der Waals surface area contributed by atoms with E-state index < -0.39 is 17.7 Å². The molecule has 0 unspecified atom stereocenters. The van der Waals surface area contributed by atoms with E-state index in [9.17, 15) is 14.0 Å². The molecule has 2 aromatic rings. The summed E-state index contributed by atoms with van der Waals surface area (Å²) in [6.45, 7) is -0.0843. The third-order valence-electron chi connectivity index (χ3n) is 3.06. The number of benzene rings is 2. The van der Waals surface area contributed by atoms with Crippen LogP contribution in [0, 0.1) is 5.82 Å². The molecule has 4 nitrogen and oxygen atoms in total. The third kappa shape index (κ3) is 5.41. The summed E-state index contributed by atoms with van der Waals surface area (Å²) < 4.78 is 17.9. The smallest absolute Gasteiger partial charge is 0.325 e. The number of esters is 1. The summed E-state index contributed by atoms with van der Waals surface area (Å²) >= 11 is 1.63. The van der Waals surface area contributed by atoms with Gasteiger partial charge in [-0.25, -0.2) is 4.39 Å². The van der Waals surface area contributed by atoms with Gasteiger partial charge in [0.25, 0.3) is 5.91 Å². The van der Waals surface area contributed by atoms with E-state index in [1.54, 1.807) is 11.8 Å². The highest BCUT2D eigenvalue weighted by Crippen LogP contribution is 2.15. The molecule has 1 N–H and O–H groups in total. The van der Waals surface area contributed by atoms with Crippen LogP contribution < -0.4 is 5.32 Å². The second-order valence-electron chi connectivity index (χ2n) is 4.70. The molecule has 0 spiro atoms. The van der Waals surface area contributed by atoms with E-state index in [1.807, 2.05) is 30.5 Å². The Balaban J connectivity index is 1.76. The summed E-state index contributed by atoms with van der Waals surface area (Å²) in [6, 6.07) is 12.7. The molecule has 0 aliphatic rings. The zero-order valence-electron chi connectivity index (χ0n) is 12.5. The lowest BCUT2D eigenvalue weighted by molar-refractivity contribution is -0.143. The van der Waals surface area contributed by atoms with Gasteiger partial charge in [-0.3, -0.25) is 9.59 Å². The molecule has 120 valence electrons. The standard InChI is InChI=1S/C17H16FNO3S/c1-23-15-8-2-12(3-9-15)11-22-16(20)10-19-17(21)13-4-6-14(18)7-5-13/h2-9H,10-11H2,1H3,(H,19,21). The fourth-order valence-corrected chi connectivity index (χ4v) is 2.20. The molecule has 0 aliphatic carbocycles. The number of carbonyl (C=O) groups excluding carboxylic acids is 2. The molecule has 0 radical (unpaired) electrons. The number of hydrogen-bond donors (Lipinski definition) is 1. The minimum Gasteiger partial charge on any atom is -0.460 e. The predicted octanol–water partition coefficient (Wildman–Crippen LogP) is 3.02. The highest BCUT2D eigenvalue weighted by atomic mass is 32.2. The quantitative estimate of drug-likeness (QED) is 0.652. The number of amides is 1. The van der Waals surface area contributed by atoms with E-state index >= 15 is 0 Å². The summed E-state index contributed by atoms with van der Waals surface area (Å²) in [4.78, 5) is 24.5. The number of thioether (sulfide) groups is 1. The van der Waals surface area contributed by atoms with E-state index in [0.29, 0.717) is 0 Å². The van der Waals surface area contributed by atoms with Gasteiger partial charge in [-0.15, -0.1) is 11.8 Å². The fraction of sp³-hybridized carbons (Fsp3) is 0.176. The largest absolute Gasteiger partial charge is 0.460 e. The first-order chi connectivity index (χ1) is 11.1. The molecule has 6 heteroatoms. The SMILES string of the molecule is CSc1ccc(COC(=O)CNC(=O)c2ccc(F)cc2)cc1. The minimum atomic E-state index is -0.533. The van der Waals surface area contributed by atoms with Crippen LogP contribution in [0.4, 0.5) is 4.39 Å². The van der Waals surface area contributed by atoms with Crippen molar-refractivity contribution < 1.29 is 18.7 Å². The Labute approximate surface area is 138 Å². The molecular formula is C17H16FNO3S. The van der Waals surface area contributed by atoms with Crippen molar-refractivity contribution >= 4 is 23.6 Å². The summed E-state index contributed by atoms with van der Waals surface area (Å²) in [6.07, 6.45) is 1.98. The Morgan fingerprint density at radius 3 is 2.35 bits per heavy atom.